The minimum Gasteiger partial charge on any atom is -0.369 e. The maximum Gasteiger partial charge on any atom is 0.154 e. The molecule has 0 saturated heterocycles. The number of rotatable bonds is 10. The number of fused-ring (bicyclic) bond motifs is 9. The molecular formula is C67H56N4. The first-order valence-corrected chi connectivity index (χ1v) is 24.3. The second kappa shape index (κ2) is 20.6. The van der Waals surface area contributed by atoms with Crippen LogP contribution in [-0.2, 0) is 13.1 Å². The Morgan fingerprint density at radius 3 is 1.80 bits per heavy atom. The van der Waals surface area contributed by atoms with E-state index in [1.807, 2.05) is 38.2 Å². The van der Waals surface area contributed by atoms with E-state index < -0.39 is 0 Å². The molecule has 0 amide bonds. The molecule has 10 aromatic carbocycles. The van der Waals surface area contributed by atoms with Crippen LogP contribution in [0.15, 0.2) is 228 Å². The molecule has 2 radical (unpaired) electrons. The van der Waals surface area contributed by atoms with Gasteiger partial charge in [0, 0.05) is 61.8 Å². The van der Waals surface area contributed by atoms with Gasteiger partial charge in [0.05, 0.1) is 17.9 Å². The molecule has 10 aromatic rings. The van der Waals surface area contributed by atoms with E-state index in [9.17, 15) is 0 Å². The van der Waals surface area contributed by atoms with Crippen molar-refractivity contribution >= 4 is 55.8 Å². The molecule has 2 aliphatic carbocycles. The molecule has 12 rings (SSSR count). The highest BCUT2D eigenvalue weighted by molar-refractivity contribution is 6.25. The van der Waals surface area contributed by atoms with Crippen molar-refractivity contribution in [1.29, 1.82) is 0 Å². The summed E-state index contributed by atoms with van der Waals surface area (Å²) in [6.45, 7) is 11.6. The summed E-state index contributed by atoms with van der Waals surface area (Å²) >= 11 is 0. The summed E-state index contributed by atoms with van der Waals surface area (Å²) in [5.41, 5.74) is 19.9. The van der Waals surface area contributed by atoms with E-state index in [4.69, 9.17) is 4.99 Å². The second-order valence-electron chi connectivity index (χ2n) is 17.9. The summed E-state index contributed by atoms with van der Waals surface area (Å²) in [6.07, 6.45) is 6.49. The van der Waals surface area contributed by atoms with Crippen LogP contribution in [0.2, 0.25) is 0 Å². The van der Waals surface area contributed by atoms with E-state index in [2.05, 4.69) is 231 Å². The van der Waals surface area contributed by atoms with Gasteiger partial charge in [-0.25, -0.2) is 4.99 Å². The van der Waals surface area contributed by atoms with E-state index in [1.54, 1.807) is 6.21 Å². The van der Waals surface area contributed by atoms with E-state index in [0.717, 1.165) is 29.2 Å². The lowest BCUT2D eigenvalue weighted by Gasteiger charge is -2.26. The van der Waals surface area contributed by atoms with Gasteiger partial charge in [0.2, 0.25) is 0 Å². The molecule has 0 unspecified atom stereocenters. The topological polar surface area (TPSA) is 40.3 Å². The van der Waals surface area contributed by atoms with Crippen LogP contribution < -0.4 is 4.90 Å². The third-order valence-corrected chi connectivity index (χ3v) is 13.4. The number of aliphatic imine (C=N–C) groups is 3. The fraction of sp³-hybridized carbons (Fsp3) is 0.0896. The fourth-order valence-corrected chi connectivity index (χ4v) is 10.1. The van der Waals surface area contributed by atoms with E-state index in [0.29, 0.717) is 6.54 Å². The predicted octanol–water partition coefficient (Wildman–Crippen LogP) is 16.2. The Hall–Kier alpha value is -8.47. The first-order valence-electron chi connectivity index (χ1n) is 24.3. The molecule has 0 atom stereocenters. The molecule has 71 heavy (non-hydrogen) atoms. The lowest BCUT2D eigenvalue weighted by Crippen LogP contribution is -2.20. The van der Waals surface area contributed by atoms with Crippen molar-refractivity contribution in [3.05, 3.63) is 282 Å². The van der Waals surface area contributed by atoms with Crippen LogP contribution in [-0.4, -0.2) is 31.9 Å². The summed E-state index contributed by atoms with van der Waals surface area (Å²) in [7, 11) is 4.14. The molecular weight excluding hydrogens is 861 g/mol. The minimum atomic E-state index is 0.633. The molecule has 0 saturated carbocycles. The normalized spacial score (nSPS) is 12.5. The molecule has 0 aromatic heterocycles. The fourth-order valence-electron chi connectivity index (χ4n) is 10.1. The average Bonchev–Trinajstić information content (AvgIpc) is 4.38. The summed E-state index contributed by atoms with van der Waals surface area (Å²) in [6, 6.07) is 71.0. The summed E-state index contributed by atoms with van der Waals surface area (Å²) in [5.74, 6) is 0.765. The van der Waals surface area contributed by atoms with Gasteiger partial charge >= 0.3 is 0 Å². The first kappa shape index (κ1) is 46.3. The second-order valence-corrected chi connectivity index (χ2v) is 17.9. The molecule has 4 heteroatoms. The highest BCUT2D eigenvalue weighted by Gasteiger charge is 2.34. The van der Waals surface area contributed by atoms with Gasteiger partial charge in [-0.1, -0.05) is 194 Å². The zero-order valence-electron chi connectivity index (χ0n) is 40.9. The number of hydrogen-bond acceptors (Lipinski definition) is 3. The van der Waals surface area contributed by atoms with Crippen LogP contribution in [0.5, 0.6) is 0 Å². The number of benzene rings is 10. The minimum absolute atomic E-state index is 0.633. The monoisotopic (exact) mass is 916 g/mol. The zero-order chi connectivity index (χ0) is 48.8. The van der Waals surface area contributed by atoms with Gasteiger partial charge < -0.3 is 4.90 Å². The SMILES string of the molecule is C=C.CC=NC(=NCc1ccccc1)c1ccc(-c2ccccc2)cc1.CN=C(c1ccccc1)c1c2c(c3c(-c4ccc5c6c(c7cccc(C)c7c5c4)[CH]6)cccc3c1N(C)Cc1ccccc1)[CH]2. The molecule has 344 valence electrons. The molecule has 0 fully saturated rings. The van der Waals surface area contributed by atoms with Crippen molar-refractivity contribution in [1.82, 2.24) is 0 Å². The van der Waals surface area contributed by atoms with Crippen molar-refractivity contribution in [2.75, 3.05) is 19.0 Å². The number of nitrogens with zero attached hydrogens (tertiary/aromatic N) is 4. The number of hydrogen-bond donors (Lipinski definition) is 0. The Bertz CT molecular complexity index is 3630. The van der Waals surface area contributed by atoms with Crippen molar-refractivity contribution in [3.63, 3.8) is 0 Å². The van der Waals surface area contributed by atoms with E-state index in [1.165, 1.54) is 105 Å². The number of aryl methyl sites for hydroxylation is 1. The van der Waals surface area contributed by atoms with Gasteiger partial charge in [0.15, 0.2) is 5.84 Å². The average molecular weight is 917 g/mol. The lowest BCUT2D eigenvalue weighted by atomic mass is 9.90. The Balaban J connectivity index is 0.000000190. The Labute approximate surface area is 418 Å². The molecule has 4 nitrogen and oxygen atoms in total. The maximum absolute atomic E-state index is 4.91. The van der Waals surface area contributed by atoms with E-state index in [-0.39, 0.29) is 0 Å². The highest BCUT2D eigenvalue weighted by atomic mass is 15.1. The van der Waals surface area contributed by atoms with Crippen LogP contribution in [0.4, 0.5) is 5.69 Å². The quantitative estimate of drug-likeness (QED) is 0.0583. The molecule has 2 aliphatic rings. The molecule has 0 bridgehead atoms. The van der Waals surface area contributed by atoms with Gasteiger partial charge in [-0.15, -0.1) is 13.2 Å². The van der Waals surface area contributed by atoms with E-state index >= 15 is 0 Å². The first-order chi connectivity index (χ1) is 35.0. The Kier molecular flexibility index (Phi) is 13.4. The van der Waals surface area contributed by atoms with Crippen LogP contribution in [0.1, 0.15) is 62.6 Å². The van der Waals surface area contributed by atoms with Crippen LogP contribution in [0, 0.1) is 19.8 Å². The Morgan fingerprint density at radius 1 is 0.521 bits per heavy atom. The maximum atomic E-state index is 4.91. The summed E-state index contributed by atoms with van der Waals surface area (Å²) in [5, 5.41) is 8.04. The molecule has 0 aliphatic heterocycles. The van der Waals surface area contributed by atoms with Gasteiger partial charge in [-0.2, -0.15) is 0 Å². The van der Waals surface area contributed by atoms with Crippen molar-refractivity contribution < 1.29 is 0 Å². The van der Waals surface area contributed by atoms with Gasteiger partial charge in [-0.05, 0) is 108 Å². The number of anilines is 1. The highest BCUT2D eigenvalue weighted by Crippen LogP contribution is 2.52. The summed E-state index contributed by atoms with van der Waals surface area (Å²) < 4.78 is 0. The molecule has 0 N–H and O–H groups in total. The number of amidine groups is 1. The van der Waals surface area contributed by atoms with Crippen LogP contribution >= 0.6 is 0 Å². The third-order valence-electron chi connectivity index (χ3n) is 13.4. The predicted molar refractivity (Wildman–Crippen MR) is 305 cm³/mol. The largest absolute Gasteiger partial charge is 0.369 e. The van der Waals surface area contributed by atoms with Crippen LogP contribution in [0.25, 0.3) is 54.6 Å². The molecule has 0 heterocycles. The lowest BCUT2D eigenvalue weighted by molar-refractivity contribution is 0.927. The van der Waals surface area contributed by atoms with Gasteiger partial charge in [0.1, 0.15) is 0 Å². The molecule has 0 spiro atoms. The van der Waals surface area contributed by atoms with Crippen LogP contribution in [0.3, 0.4) is 0 Å². The van der Waals surface area contributed by atoms with Gasteiger partial charge in [0.25, 0.3) is 0 Å². The smallest absolute Gasteiger partial charge is 0.154 e. The van der Waals surface area contributed by atoms with Crippen molar-refractivity contribution in [3.8, 4) is 22.3 Å². The van der Waals surface area contributed by atoms with Crippen molar-refractivity contribution in [2.24, 2.45) is 15.0 Å². The standard InChI is InChI=1S/C43H32N2.C22H20N2.C2H4/c1-26-12-10-18-32-35-23-34(35)31-21-20-29(22-36(31)39(26)32)30-17-11-19-33-40(30)37-24-38(37)41(42(44-2)28-15-8-5-9-16-28)43(33)45(3)25-27-13-6-4-7-14-27;1-2-23-22(24-17-18-9-5-3-6-10-18)21-15-13-20(14-16-21)19-11-7-4-8-12-19;1-2/h4-24H,25H2,1-3H3;2-16H,17H2,1H3;1-2H2. The zero-order valence-corrected chi connectivity index (χ0v) is 40.9. The third kappa shape index (κ3) is 9.37. The summed E-state index contributed by atoms with van der Waals surface area (Å²) in [4.78, 5) is 16.4. The Morgan fingerprint density at radius 2 is 1.11 bits per heavy atom. The van der Waals surface area contributed by atoms with Gasteiger partial charge in [-0.3, -0.25) is 9.98 Å². The van der Waals surface area contributed by atoms with Crippen molar-refractivity contribution in [2.45, 2.75) is 26.9 Å².